The van der Waals surface area contributed by atoms with Crippen LogP contribution >= 0.6 is 0 Å². The topological polar surface area (TPSA) is 38.2 Å². The third-order valence-electron chi connectivity index (χ3n) is 4.75. The Morgan fingerprint density at radius 1 is 1.21 bits per heavy atom. The molecule has 0 radical (unpaired) electrons. The van der Waals surface area contributed by atoms with Crippen LogP contribution in [-0.4, -0.2) is 23.6 Å². The van der Waals surface area contributed by atoms with Gasteiger partial charge in [-0.1, -0.05) is 24.3 Å². The molecule has 0 saturated carbocycles. The molecular weight excluding hydrogens is 305 g/mol. The molecule has 1 unspecified atom stereocenters. The summed E-state index contributed by atoms with van der Waals surface area (Å²) >= 11 is 0. The van der Waals surface area contributed by atoms with Gasteiger partial charge in [0.05, 0.1) is 18.7 Å². The van der Waals surface area contributed by atoms with Gasteiger partial charge in [0, 0.05) is 18.0 Å². The molecule has 2 heterocycles. The highest BCUT2D eigenvalue weighted by atomic mass is 19.1. The Labute approximate surface area is 139 Å². The summed E-state index contributed by atoms with van der Waals surface area (Å²) in [5, 5.41) is 0.807. The highest BCUT2D eigenvalue weighted by molar-refractivity contribution is 5.90. The van der Waals surface area contributed by atoms with Crippen LogP contribution in [0.3, 0.4) is 0 Å². The summed E-state index contributed by atoms with van der Waals surface area (Å²) in [4.78, 5) is 11.0. The number of hydrogen-bond donors (Lipinski definition) is 0. The van der Waals surface area contributed by atoms with Crippen LogP contribution in [0, 0.1) is 5.82 Å². The summed E-state index contributed by atoms with van der Waals surface area (Å²) in [7, 11) is 1.47. The van der Waals surface area contributed by atoms with Crippen LogP contribution in [0.25, 0.3) is 10.9 Å². The van der Waals surface area contributed by atoms with Crippen LogP contribution in [0.5, 0.6) is 5.75 Å². The number of ether oxygens (including phenoxy) is 1. The lowest BCUT2D eigenvalue weighted by molar-refractivity contribution is 0.387. The number of rotatable bonds is 2. The first-order valence-electron chi connectivity index (χ1n) is 8.01. The average molecular weight is 323 g/mol. The van der Waals surface area contributed by atoms with Crippen LogP contribution in [0.1, 0.15) is 24.1 Å². The van der Waals surface area contributed by atoms with Crippen molar-refractivity contribution in [3.63, 3.8) is 0 Å². The Balaban J connectivity index is 1.85. The fourth-order valence-electron chi connectivity index (χ4n) is 3.49. The molecule has 0 N–H and O–H groups in total. The molecule has 1 aliphatic heterocycles. The summed E-state index contributed by atoms with van der Waals surface area (Å²) in [5.41, 5.74) is 3.28. The monoisotopic (exact) mass is 323 g/mol. The lowest BCUT2D eigenvalue weighted by Crippen LogP contribution is -2.34. The average Bonchev–Trinajstić information content (AvgIpc) is 2.61. The fourth-order valence-corrected chi connectivity index (χ4v) is 3.49. The van der Waals surface area contributed by atoms with Crippen LogP contribution in [-0.2, 0) is 6.42 Å². The lowest BCUT2D eigenvalue weighted by Gasteiger charge is -2.36. The van der Waals surface area contributed by atoms with Gasteiger partial charge >= 0.3 is 0 Å². The van der Waals surface area contributed by atoms with E-state index < -0.39 is 5.82 Å². The molecule has 0 aliphatic carbocycles. The minimum Gasteiger partial charge on any atom is -0.494 e. The van der Waals surface area contributed by atoms with Crippen molar-refractivity contribution >= 4 is 16.7 Å². The molecule has 1 aliphatic rings. The molecule has 3 aromatic rings. The van der Waals surface area contributed by atoms with Crippen LogP contribution in [0.4, 0.5) is 10.2 Å². The van der Waals surface area contributed by atoms with E-state index in [9.17, 15) is 4.39 Å². The van der Waals surface area contributed by atoms with Gasteiger partial charge in [0.25, 0.3) is 0 Å². The third-order valence-corrected chi connectivity index (χ3v) is 4.75. The Hall–Kier alpha value is -2.69. The van der Waals surface area contributed by atoms with E-state index in [1.165, 1.54) is 30.6 Å². The number of benzene rings is 2. The van der Waals surface area contributed by atoms with E-state index in [0.717, 1.165) is 24.2 Å². The van der Waals surface area contributed by atoms with Crippen molar-refractivity contribution < 1.29 is 9.13 Å². The molecule has 5 heteroatoms. The van der Waals surface area contributed by atoms with Gasteiger partial charge in [-0.3, -0.25) is 0 Å². The molecule has 2 aromatic carbocycles. The van der Waals surface area contributed by atoms with Gasteiger partial charge in [0.2, 0.25) is 0 Å². The highest BCUT2D eigenvalue weighted by Crippen LogP contribution is 2.36. The first-order valence-corrected chi connectivity index (χ1v) is 8.01. The molecule has 4 nitrogen and oxygen atoms in total. The Morgan fingerprint density at radius 3 is 2.88 bits per heavy atom. The van der Waals surface area contributed by atoms with Crippen molar-refractivity contribution in [2.45, 2.75) is 19.4 Å². The van der Waals surface area contributed by atoms with Crippen LogP contribution in [0.15, 0.2) is 42.7 Å². The van der Waals surface area contributed by atoms with Gasteiger partial charge in [-0.05, 0) is 30.5 Å². The first-order chi connectivity index (χ1) is 11.7. The van der Waals surface area contributed by atoms with E-state index in [1.54, 1.807) is 6.07 Å². The van der Waals surface area contributed by atoms with Crippen LogP contribution in [0.2, 0.25) is 0 Å². The third kappa shape index (κ3) is 2.28. The van der Waals surface area contributed by atoms with Crippen molar-refractivity contribution in [2.24, 2.45) is 0 Å². The normalized spacial score (nSPS) is 17.0. The van der Waals surface area contributed by atoms with Gasteiger partial charge in [-0.2, -0.15) is 0 Å². The zero-order valence-electron chi connectivity index (χ0n) is 13.7. The predicted molar refractivity (Wildman–Crippen MR) is 92.0 cm³/mol. The van der Waals surface area contributed by atoms with Crippen molar-refractivity contribution in [3.8, 4) is 5.75 Å². The molecule has 0 amide bonds. The molecule has 0 spiro atoms. The number of aromatic nitrogens is 2. The molecule has 0 saturated heterocycles. The zero-order valence-corrected chi connectivity index (χ0v) is 13.7. The second-order valence-electron chi connectivity index (χ2n) is 6.02. The number of nitrogens with zero attached hydrogens (tertiary/aromatic N) is 3. The number of halogens is 1. The van der Waals surface area contributed by atoms with Gasteiger partial charge in [-0.15, -0.1) is 0 Å². The highest BCUT2D eigenvalue weighted by Gasteiger charge is 2.26. The van der Waals surface area contributed by atoms with Gasteiger partial charge in [0.1, 0.15) is 12.1 Å². The summed E-state index contributed by atoms with van der Waals surface area (Å²) in [6.45, 7) is 3.04. The molecule has 4 rings (SSSR count). The standard InChI is InChI=1S/C19H18FN3O/c1-12-14-6-4-3-5-13(14)7-8-23(12)19-15-9-18(24-2)16(20)10-17(15)21-11-22-19/h3-6,9-12H,7-8H2,1-2H3. The second kappa shape index (κ2) is 5.74. The maximum Gasteiger partial charge on any atom is 0.167 e. The molecule has 1 aromatic heterocycles. The van der Waals surface area contributed by atoms with Crippen molar-refractivity contribution in [1.29, 1.82) is 0 Å². The van der Waals surface area contributed by atoms with Crippen molar-refractivity contribution in [3.05, 3.63) is 59.7 Å². The first kappa shape index (κ1) is 14.9. The number of anilines is 1. The minimum absolute atomic E-state index is 0.198. The van der Waals surface area contributed by atoms with E-state index in [1.807, 2.05) is 0 Å². The van der Waals surface area contributed by atoms with E-state index in [4.69, 9.17) is 4.74 Å². The summed E-state index contributed by atoms with van der Waals surface area (Å²) in [6, 6.07) is 11.8. The fraction of sp³-hybridized carbons (Fsp3) is 0.263. The molecular formula is C19H18FN3O. The smallest absolute Gasteiger partial charge is 0.167 e. The number of hydrogen-bond acceptors (Lipinski definition) is 4. The summed E-state index contributed by atoms with van der Waals surface area (Å²) < 4.78 is 19.1. The number of fused-ring (bicyclic) bond motifs is 2. The summed E-state index contributed by atoms with van der Waals surface area (Å²) in [6.07, 6.45) is 2.46. The SMILES string of the molecule is COc1cc2c(N3CCc4ccccc4C3C)ncnc2cc1F. The Kier molecular flexibility index (Phi) is 3.56. The van der Waals surface area contributed by atoms with E-state index in [-0.39, 0.29) is 11.8 Å². The van der Waals surface area contributed by atoms with Gasteiger partial charge < -0.3 is 9.64 Å². The quantitative estimate of drug-likeness (QED) is 0.717. The van der Waals surface area contributed by atoms with Crippen LogP contribution < -0.4 is 9.64 Å². The zero-order chi connectivity index (χ0) is 16.7. The molecule has 0 bridgehead atoms. The second-order valence-corrected chi connectivity index (χ2v) is 6.02. The summed E-state index contributed by atoms with van der Waals surface area (Å²) in [5.74, 6) is 0.621. The minimum atomic E-state index is -0.410. The van der Waals surface area contributed by atoms with E-state index in [0.29, 0.717) is 5.52 Å². The molecule has 24 heavy (non-hydrogen) atoms. The van der Waals surface area contributed by atoms with E-state index in [2.05, 4.69) is 46.1 Å². The van der Waals surface area contributed by atoms with Crippen molar-refractivity contribution in [2.75, 3.05) is 18.6 Å². The van der Waals surface area contributed by atoms with Gasteiger partial charge in [0.15, 0.2) is 11.6 Å². The Morgan fingerprint density at radius 2 is 2.04 bits per heavy atom. The number of methoxy groups -OCH3 is 1. The largest absolute Gasteiger partial charge is 0.494 e. The maximum atomic E-state index is 14.0. The molecule has 0 fully saturated rings. The predicted octanol–water partition coefficient (Wildman–Crippen LogP) is 3.90. The molecule has 1 atom stereocenters. The van der Waals surface area contributed by atoms with Gasteiger partial charge in [-0.25, -0.2) is 14.4 Å². The molecule has 122 valence electrons. The lowest BCUT2D eigenvalue weighted by atomic mass is 9.93. The maximum absolute atomic E-state index is 14.0. The van der Waals surface area contributed by atoms with Crippen molar-refractivity contribution in [1.82, 2.24) is 9.97 Å². The Bertz CT molecular complexity index is 912. The van der Waals surface area contributed by atoms with E-state index >= 15 is 0 Å².